The van der Waals surface area contributed by atoms with E-state index in [4.69, 9.17) is 0 Å². The van der Waals surface area contributed by atoms with Crippen molar-refractivity contribution in [1.29, 1.82) is 0 Å². The summed E-state index contributed by atoms with van der Waals surface area (Å²) >= 11 is 0. The molecule has 3 atom stereocenters. The molecule has 4 heteroatoms. The zero-order valence-electron chi connectivity index (χ0n) is 12.1. The first-order valence-electron chi connectivity index (χ1n) is 7.14. The molecular formula is C16H22O3S. The van der Waals surface area contributed by atoms with Crippen LogP contribution in [0.25, 0.3) is 0 Å². The van der Waals surface area contributed by atoms with Gasteiger partial charge in [0.2, 0.25) is 0 Å². The molecule has 0 spiro atoms. The molecule has 1 aliphatic carbocycles. The predicted molar refractivity (Wildman–Crippen MR) is 81.0 cm³/mol. The number of hydrogen-bond acceptors (Lipinski definition) is 3. The third-order valence-electron chi connectivity index (χ3n) is 3.94. The molecule has 1 aliphatic rings. The summed E-state index contributed by atoms with van der Waals surface area (Å²) < 4.78 is 17.1. The Hall–Kier alpha value is -1.16. The minimum atomic E-state index is -0.813. The van der Waals surface area contributed by atoms with E-state index in [2.05, 4.69) is 11.7 Å². The maximum atomic E-state index is 12.4. The number of hydrogen-bond donors (Lipinski definition) is 0. The van der Waals surface area contributed by atoms with Crippen molar-refractivity contribution in [3.05, 3.63) is 35.4 Å². The summed E-state index contributed by atoms with van der Waals surface area (Å²) in [4.78, 5) is 11.3. The highest BCUT2D eigenvalue weighted by Crippen LogP contribution is 2.28. The summed E-state index contributed by atoms with van der Waals surface area (Å²) in [6, 6.07) is 7.22. The van der Waals surface area contributed by atoms with Gasteiger partial charge in [0.1, 0.15) is 0 Å². The number of methoxy groups -OCH3 is 1. The summed E-state index contributed by atoms with van der Waals surface area (Å²) in [6.45, 7) is 2.24. The largest absolute Gasteiger partial charge is 0.465 e. The van der Waals surface area contributed by atoms with Gasteiger partial charge < -0.3 is 4.74 Å². The molecule has 3 nitrogen and oxygen atoms in total. The van der Waals surface area contributed by atoms with E-state index in [9.17, 15) is 9.00 Å². The average molecular weight is 294 g/mol. The molecule has 0 aliphatic heterocycles. The fourth-order valence-corrected chi connectivity index (χ4v) is 4.48. The maximum absolute atomic E-state index is 12.4. The zero-order chi connectivity index (χ0) is 14.5. The molecular weight excluding hydrogens is 272 g/mol. The van der Waals surface area contributed by atoms with E-state index in [1.165, 1.54) is 20.0 Å². The molecule has 0 aromatic heterocycles. The Morgan fingerprint density at radius 1 is 1.30 bits per heavy atom. The standard InChI is InChI=1S/C16H22O3S/c1-12-4-3-5-15(10-12)20(18)11-13-6-8-14(9-7-13)16(17)19-2/h6-9,12,15H,3-5,10-11H2,1-2H3. The fourth-order valence-electron chi connectivity index (χ4n) is 2.75. The summed E-state index contributed by atoms with van der Waals surface area (Å²) in [5.74, 6) is 0.942. The van der Waals surface area contributed by atoms with Gasteiger partial charge in [0, 0.05) is 21.8 Å². The van der Waals surface area contributed by atoms with Crippen molar-refractivity contribution >= 4 is 16.8 Å². The molecule has 0 saturated heterocycles. The third kappa shape index (κ3) is 3.92. The average Bonchev–Trinajstić information content (AvgIpc) is 2.47. The smallest absolute Gasteiger partial charge is 0.337 e. The van der Waals surface area contributed by atoms with Crippen LogP contribution < -0.4 is 0 Å². The molecule has 0 heterocycles. The SMILES string of the molecule is COC(=O)c1ccc(CS(=O)C2CCCC(C)C2)cc1. The van der Waals surface area contributed by atoms with Crippen molar-refractivity contribution in [2.24, 2.45) is 5.92 Å². The zero-order valence-corrected chi connectivity index (χ0v) is 12.9. The van der Waals surface area contributed by atoms with Crippen LogP contribution in [0.3, 0.4) is 0 Å². The van der Waals surface area contributed by atoms with Crippen LogP contribution in [0.5, 0.6) is 0 Å². The van der Waals surface area contributed by atoms with E-state index < -0.39 is 10.8 Å². The number of carbonyl (C=O) groups is 1. The van der Waals surface area contributed by atoms with Gasteiger partial charge in [-0.2, -0.15) is 0 Å². The first-order chi connectivity index (χ1) is 9.60. The first-order valence-corrected chi connectivity index (χ1v) is 8.52. The summed E-state index contributed by atoms with van der Waals surface area (Å²) in [6.07, 6.45) is 4.62. The number of carbonyl (C=O) groups excluding carboxylic acids is 1. The lowest BCUT2D eigenvalue weighted by Gasteiger charge is -2.26. The third-order valence-corrected chi connectivity index (χ3v) is 5.73. The van der Waals surface area contributed by atoms with E-state index in [1.54, 1.807) is 12.1 Å². The Labute approximate surface area is 123 Å². The maximum Gasteiger partial charge on any atom is 0.337 e. The van der Waals surface area contributed by atoms with Crippen LogP contribution >= 0.6 is 0 Å². The summed E-state index contributed by atoms with van der Waals surface area (Å²) in [5, 5.41) is 0.332. The molecule has 0 N–H and O–H groups in total. The van der Waals surface area contributed by atoms with Crippen molar-refractivity contribution in [3.8, 4) is 0 Å². The van der Waals surface area contributed by atoms with Crippen LogP contribution in [0.4, 0.5) is 0 Å². The van der Waals surface area contributed by atoms with Crippen LogP contribution in [-0.4, -0.2) is 22.5 Å². The molecule has 0 amide bonds. The lowest BCUT2D eigenvalue weighted by atomic mass is 9.91. The van der Waals surface area contributed by atoms with Gasteiger partial charge in [-0.15, -0.1) is 0 Å². The van der Waals surface area contributed by atoms with Gasteiger partial charge in [0.05, 0.1) is 12.7 Å². The molecule has 1 aromatic rings. The molecule has 1 fully saturated rings. The second kappa shape index (κ2) is 7.02. The first kappa shape index (κ1) is 15.2. The van der Waals surface area contributed by atoms with Gasteiger partial charge in [-0.05, 0) is 36.5 Å². The van der Waals surface area contributed by atoms with Crippen LogP contribution in [-0.2, 0) is 21.3 Å². The van der Waals surface area contributed by atoms with Crippen molar-refractivity contribution in [1.82, 2.24) is 0 Å². The van der Waals surface area contributed by atoms with Gasteiger partial charge in [0.25, 0.3) is 0 Å². The minimum Gasteiger partial charge on any atom is -0.465 e. The second-order valence-electron chi connectivity index (χ2n) is 5.61. The van der Waals surface area contributed by atoms with Gasteiger partial charge in [-0.3, -0.25) is 4.21 Å². The van der Waals surface area contributed by atoms with Crippen LogP contribution in [0, 0.1) is 5.92 Å². The Bertz CT molecular complexity index is 481. The molecule has 3 unspecified atom stereocenters. The predicted octanol–water partition coefficient (Wildman–Crippen LogP) is 3.30. The van der Waals surface area contributed by atoms with Crippen molar-refractivity contribution in [2.75, 3.05) is 7.11 Å². The van der Waals surface area contributed by atoms with E-state index in [-0.39, 0.29) is 5.97 Å². The second-order valence-corrected chi connectivity index (χ2v) is 7.32. The lowest BCUT2D eigenvalue weighted by Crippen LogP contribution is -2.24. The molecule has 110 valence electrons. The van der Waals surface area contributed by atoms with Crippen LogP contribution in [0.15, 0.2) is 24.3 Å². The van der Waals surface area contributed by atoms with E-state index >= 15 is 0 Å². The minimum absolute atomic E-state index is 0.332. The number of rotatable bonds is 4. The molecule has 1 aromatic carbocycles. The van der Waals surface area contributed by atoms with Gasteiger partial charge in [-0.25, -0.2) is 4.79 Å². The number of benzene rings is 1. The Balaban J connectivity index is 1.95. The number of esters is 1. The van der Waals surface area contributed by atoms with Gasteiger partial charge in [-0.1, -0.05) is 31.9 Å². The summed E-state index contributed by atoms with van der Waals surface area (Å²) in [7, 11) is 0.557. The van der Waals surface area contributed by atoms with E-state index in [0.29, 0.717) is 22.5 Å². The topological polar surface area (TPSA) is 43.4 Å². The Kier molecular flexibility index (Phi) is 5.35. The van der Waals surface area contributed by atoms with Crippen molar-refractivity contribution < 1.29 is 13.7 Å². The lowest BCUT2D eigenvalue weighted by molar-refractivity contribution is 0.0600. The molecule has 0 bridgehead atoms. The normalized spacial score (nSPS) is 24.1. The monoisotopic (exact) mass is 294 g/mol. The van der Waals surface area contributed by atoms with Gasteiger partial charge >= 0.3 is 5.97 Å². The Morgan fingerprint density at radius 3 is 2.60 bits per heavy atom. The van der Waals surface area contributed by atoms with Crippen molar-refractivity contribution in [3.63, 3.8) is 0 Å². The highest BCUT2D eigenvalue weighted by molar-refractivity contribution is 7.84. The van der Waals surface area contributed by atoms with Crippen LogP contribution in [0.2, 0.25) is 0 Å². The van der Waals surface area contributed by atoms with Crippen molar-refractivity contribution in [2.45, 2.75) is 43.6 Å². The van der Waals surface area contributed by atoms with E-state index in [1.807, 2.05) is 12.1 Å². The molecule has 0 radical (unpaired) electrons. The molecule has 2 rings (SSSR count). The molecule has 1 saturated carbocycles. The Morgan fingerprint density at radius 2 is 2.00 bits per heavy atom. The fraction of sp³-hybridized carbons (Fsp3) is 0.562. The summed E-state index contributed by atoms with van der Waals surface area (Å²) in [5.41, 5.74) is 1.56. The van der Waals surface area contributed by atoms with Crippen LogP contribution in [0.1, 0.15) is 48.5 Å². The van der Waals surface area contributed by atoms with E-state index in [0.717, 1.165) is 18.4 Å². The van der Waals surface area contributed by atoms with Gasteiger partial charge in [0.15, 0.2) is 0 Å². The molecule has 20 heavy (non-hydrogen) atoms. The highest BCUT2D eigenvalue weighted by atomic mass is 32.2. The quantitative estimate of drug-likeness (QED) is 0.800. The highest BCUT2D eigenvalue weighted by Gasteiger charge is 2.23. The number of ether oxygens (including phenoxy) is 1.